The lowest BCUT2D eigenvalue weighted by atomic mass is 10.1. The quantitative estimate of drug-likeness (QED) is 0.417. The van der Waals surface area contributed by atoms with E-state index < -0.39 is 0 Å². The van der Waals surface area contributed by atoms with Crippen LogP contribution in [0.4, 0.5) is 5.69 Å². The molecule has 9 heteroatoms. The van der Waals surface area contributed by atoms with Crippen molar-refractivity contribution in [1.29, 1.82) is 0 Å². The molecule has 2 saturated heterocycles. The molecule has 1 aromatic heterocycles. The highest BCUT2D eigenvalue weighted by Gasteiger charge is 2.25. The number of anilines is 1. The number of hydrogen-bond donors (Lipinski definition) is 1. The highest BCUT2D eigenvalue weighted by Crippen LogP contribution is 2.33. The molecule has 3 heterocycles. The number of unbranched alkanes of at least 4 members (excludes halogenated alkanes) is 1. The Balaban J connectivity index is 1.11. The number of halogens is 2. The van der Waals surface area contributed by atoms with Crippen molar-refractivity contribution in [3.05, 3.63) is 68.9 Å². The molecule has 0 aliphatic carbocycles. The second kappa shape index (κ2) is 11.9. The van der Waals surface area contributed by atoms with Gasteiger partial charge in [0.05, 0.1) is 33.9 Å². The van der Waals surface area contributed by atoms with Crippen molar-refractivity contribution in [2.75, 3.05) is 50.8 Å². The number of nitrogens with zero attached hydrogens (tertiary/aromatic N) is 3. The summed E-state index contributed by atoms with van der Waals surface area (Å²) in [5.41, 5.74) is 1.30. The molecule has 0 spiro atoms. The van der Waals surface area contributed by atoms with Gasteiger partial charge in [-0.25, -0.2) is 4.57 Å². The molecule has 0 saturated carbocycles. The van der Waals surface area contributed by atoms with E-state index in [1.54, 1.807) is 6.07 Å². The van der Waals surface area contributed by atoms with Gasteiger partial charge in [-0.2, -0.15) is 0 Å². The molecule has 2 aliphatic heterocycles. The second-order valence-corrected chi connectivity index (χ2v) is 10.5. The summed E-state index contributed by atoms with van der Waals surface area (Å²) < 4.78 is 7.30. The van der Waals surface area contributed by atoms with Crippen molar-refractivity contribution in [1.82, 2.24) is 14.8 Å². The Kier molecular flexibility index (Phi) is 8.35. The second-order valence-electron chi connectivity index (χ2n) is 9.67. The van der Waals surface area contributed by atoms with Crippen molar-refractivity contribution in [3.63, 3.8) is 0 Å². The molecule has 0 radical (unpaired) electrons. The van der Waals surface area contributed by atoms with E-state index in [1.165, 1.54) is 10.6 Å². The topological polar surface area (TPSA) is 66.8 Å². The maximum absolute atomic E-state index is 13.0. The Morgan fingerprint density at radius 1 is 1.03 bits per heavy atom. The van der Waals surface area contributed by atoms with Gasteiger partial charge in [0.25, 0.3) is 11.5 Å². The third kappa shape index (κ3) is 5.96. The van der Waals surface area contributed by atoms with Crippen LogP contribution in [0.1, 0.15) is 30.5 Å². The van der Waals surface area contributed by atoms with E-state index in [1.807, 2.05) is 36.4 Å². The number of carbonyl (C=O) groups excluding carboxylic acids is 1. The summed E-state index contributed by atoms with van der Waals surface area (Å²) in [6.07, 6.45) is 3.64. The van der Waals surface area contributed by atoms with Crippen LogP contribution in [0, 0.1) is 0 Å². The Bertz CT molecular complexity index is 1310. The van der Waals surface area contributed by atoms with Crippen molar-refractivity contribution in [2.24, 2.45) is 0 Å². The first-order chi connectivity index (χ1) is 18.0. The molecule has 0 amide bonds. The maximum Gasteiger partial charge on any atom is 0.257 e. The van der Waals surface area contributed by atoms with Crippen LogP contribution in [0.25, 0.3) is 10.9 Å². The molecule has 1 N–H and O–H groups in total. The van der Waals surface area contributed by atoms with E-state index in [0.717, 1.165) is 76.0 Å². The third-order valence-corrected chi connectivity index (χ3v) is 8.04. The number of carbonyl (C=O) groups is 1. The van der Waals surface area contributed by atoms with Crippen LogP contribution in [0.3, 0.4) is 0 Å². The lowest BCUT2D eigenvalue weighted by Crippen LogP contribution is -2.46. The van der Waals surface area contributed by atoms with E-state index in [2.05, 4.69) is 15.1 Å². The van der Waals surface area contributed by atoms with E-state index in [9.17, 15) is 9.59 Å². The molecule has 37 heavy (non-hydrogen) atoms. The van der Waals surface area contributed by atoms with Gasteiger partial charge in [-0.05, 0) is 74.5 Å². The average Bonchev–Trinajstić information content (AvgIpc) is 3.45. The molecular weight excluding hydrogens is 511 g/mol. The zero-order valence-corrected chi connectivity index (χ0v) is 22.3. The summed E-state index contributed by atoms with van der Waals surface area (Å²) in [5.74, 6) is 0.481. The van der Waals surface area contributed by atoms with Crippen LogP contribution in [-0.4, -0.2) is 67.3 Å². The van der Waals surface area contributed by atoms with Crippen LogP contribution in [-0.2, 0) is 0 Å². The monoisotopic (exact) mass is 542 g/mol. The first-order valence-corrected chi connectivity index (χ1v) is 13.7. The molecule has 0 bridgehead atoms. The van der Waals surface area contributed by atoms with Crippen molar-refractivity contribution < 1.29 is 9.53 Å². The largest absolute Gasteiger partial charge is 0.494 e. The van der Waals surface area contributed by atoms with Crippen LogP contribution in [0.2, 0.25) is 10.0 Å². The molecule has 2 aliphatic rings. The van der Waals surface area contributed by atoms with Crippen molar-refractivity contribution >= 4 is 45.7 Å². The maximum atomic E-state index is 13.0. The van der Waals surface area contributed by atoms with E-state index in [4.69, 9.17) is 27.9 Å². The van der Waals surface area contributed by atoms with Gasteiger partial charge in [-0.3, -0.25) is 14.5 Å². The number of aromatic nitrogens is 1. The normalized spacial score (nSPS) is 18.4. The first kappa shape index (κ1) is 26.0. The Hall–Kier alpha value is -2.58. The number of pyridine rings is 1. The predicted octanol–water partition coefficient (Wildman–Crippen LogP) is 4.68. The van der Waals surface area contributed by atoms with Gasteiger partial charge in [0.15, 0.2) is 0 Å². The molecule has 196 valence electrons. The highest BCUT2D eigenvalue weighted by molar-refractivity contribution is 6.43. The van der Waals surface area contributed by atoms with Gasteiger partial charge in [0.1, 0.15) is 5.75 Å². The summed E-state index contributed by atoms with van der Waals surface area (Å²) in [6.45, 7) is 6.20. The number of ether oxygens (including phenoxy) is 1. The van der Waals surface area contributed by atoms with Crippen LogP contribution >= 0.6 is 23.2 Å². The summed E-state index contributed by atoms with van der Waals surface area (Å²) in [4.78, 5) is 30.3. The minimum Gasteiger partial charge on any atom is -0.494 e. The number of benzene rings is 2. The minimum absolute atomic E-state index is 0.192. The van der Waals surface area contributed by atoms with Crippen LogP contribution in [0.5, 0.6) is 5.75 Å². The van der Waals surface area contributed by atoms with E-state index in [0.29, 0.717) is 27.9 Å². The van der Waals surface area contributed by atoms with Crippen molar-refractivity contribution in [2.45, 2.75) is 31.7 Å². The van der Waals surface area contributed by atoms with Gasteiger partial charge in [-0.1, -0.05) is 29.3 Å². The smallest absolute Gasteiger partial charge is 0.257 e. The SMILES string of the molecule is O=C(C1CCCN1)n1c(=O)ccc2ccc(OCCCCN3CCN(c4cccc(Cl)c4Cl)CC3)cc21. The number of fused-ring (bicyclic) bond motifs is 1. The number of nitrogens with one attached hydrogen (secondary N) is 1. The molecular formula is C28H32Cl2N4O3. The first-order valence-electron chi connectivity index (χ1n) is 13.0. The lowest BCUT2D eigenvalue weighted by molar-refractivity contribution is 0.0871. The Labute approximate surface area is 226 Å². The van der Waals surface area contributed by atoms with Crippen LogP contribution < -0.4 is 20.5 Å². The Morgan fingerprint density at radius 3 is 2.62 bits per heavy atom. The van der Waals surface area contributed by atoms with E-state index >= 15 is 0 Å². The number of piperazine rings is 1. The molecule has 2 aromatic carbocycles. The number of hydrogen-bond acceptors (Lipinski definition) is 6. The summed E-state index contributed by atoms with van der Waals surface area (Å²) in [6, 6.07) is 14.3. The predicted molar refractivity (Wildman–Crippen MR) is 150 cm³/mol. The van der Waals surface area contributed by atoms with Crippen LogP contribution in [0.15, 0.2) is 53.3 Å². The molecule has 1 unspecified atom stereocenters. The zero-order valence-electron chi connectivity index (χ0n) is 20.8. The molecule has 3 aromatic rings. The standard InChI is InChI=1S/C28H32Cl2N4O3/c29-22-5-3-7-24(27(22)30)33-16-14-32(15-17-33)13-1-2-18-37-21-10-8-20-9-11-26(35)34(25(20)19-21)28(36)23-6-4-12-31-23/h3,5,7-11,19,23,31H,1-2,4,6,12-18H2. The highest BCUT2D eigenvalue weighted by atomic mass is 35.5. The lowest BCUT2D eigenvalue weighted by Gasteiger charge is -2.36. The molecule has 2 fully saturated rings. The fraction of sp³-hybridized carbons (Fsp3) is 0.429. The summed E-state index contributed by atoms with van der Waals surface area (Å²) in [7, 11) is 0. The van der Waals surface area contributed by atoms with E-state index in [-0.39, 0.29) is 17.5 Å². The zero-order chi connectivity index (χ0) is 25.8. The van der Waals surface area contributed by atoms with Crippen molar-refractivity contribution in [3.8, 4) is 5.75 Å². The summed E-state index contributed by atoms with van der Waals surface area (Å²) >= 11 is 12.6. The average molecular weight is 543 g/mol. The molecule has 7 nitrogen and oxygen atoms in total. The van der Waals surface area contributed by atoms with Gasteiger partial charge in [0, 0.05) is 38.3 Å². The van der Waals surface area contributed by atoms with Gasteiger partial charge in [0.2, 0.25) is 0 Å². The molecule has 5 rings (SSSR count). The van der Waals surface area contributed by atoms with Gasteiger partial charge < -0.3 is 15.0 Å². The fourth-order valence-corrected chi connectivity index (χ4v) is 5.57. The fourth-order valence-electron chi connectivity index (χ4n) is 5.16. The minimum atomic E-state index is -0.308. The molecule has 1 atom stereocenters. The third-order valence-electron chi connectivity index (χ3n) is 7.23. The van der Waals surface area contributed by atoms with Gasteiger partial charge >= 0.3 is 0 Å². The van der Waals surface area contributed by atoms with Gasteiger partial charge in [-0.15, -0.1) is 0 Å². The number of rotatable bonds is 8. The summed E-state index contributed by atoms with van der Waals surface area (Å²) in [5, 5.41) is 5.25. The Morgan fingerprint density at radius 2 is 1.84 bits per heavy atom.